The predicted octanol–water partition coefficient (Wildman–Crippen LogP) is 2.91. The molecule has 0 amide bonds. The SMILES string of the molecule is O=C(O)CCn1cc(Oc2ccc(Br)cc2)cn1. The first-order valence-electron chi connectivity index (χ1n) is 5.31. The second-order valence-corrected chi connectivity index (χ2v) is 4.55. The van der Waals surface area contributed by atoms with Gasteiger partial charge in [-0.2, -0.15) is 5.10 Å². The Balaban J connectivity index is 1.97. The van der Waals surface area contributed by atoms with Crippen molar-refractivity contribution in [3.8, 4) is 11.5 Å². The normalized spacial score (nSPS) is 10.3. The van der Waals surface area contributed by atoms with Gasteiger partial charge in [0.25, 0.3) is 0 Å². The van der Waals surface area contributed by atoms with Crippen molar-refractivity contribution in [3.05, 3.63) is 41.1 Å². The number of carboxylic acid groups (broad SMARTS) is 1. The maximum Gasteiger partial charge on any atom is 0.305 e. The van der Waals surface area contributed by atoms with Crippen LogP contribution in [0.15, 0.2) is 41.1 Å². The molecule has 0 bridgehead atoms. The van der Waals surface area contributed by atoms with E-state index in [1.165, 1.54) is 0 Å². The molecule has 0 saturated heterocycles. The van der Waals surface area contributed by atoms with Crippen molar-refractivity contribution in [2.45, 2.75) is 13.0 Å². The summed E-state index contributed by atoms with van der Waals surface area (Å²) in [6.07, 6.45) is 3.27. The van der Waals surface area contributed by atoms with Crippen LogP contribution in [0, 0.1) is 0 Å². The van der Waals surface area contributed by atoms with Gasteiger partial charge in [0.15, 0.2) is 5.75 Å². The number of halogens is 1. The zero-order valence-electron chi connectivity index (χ0n) is 9.41. The molecular weight excluding hydrogens is 300 g/mol. The summed E-state index contributed by atoms with van der Waals surface area (Å²) in [6.45, 7) is 0.332. The smallest absolute Gasteiger partial charge is 0.305 e. The predicted molar refractivity (Wildman–Crippen MR) is 68.7 cm³/mol. The summed E-state index contributed by atoms with van der Waals surface area (Å²) in [5.41, 5.74) is 0. The van der Waals surface area contributed by atoms with Crippen LogP contribution >= 0.6 is 15.9 Å². The fraction of sp³-hybridized carbons (Fsp3) is 0.167. The van der Waals surface area contributed by atoms with Crippen LogP contribution in [0.4, 0.5) is 0 Å². The number of hydrogen-bond acceptors (Lipinski definition) is 3. The lowest BCUT2D eigenvalue weighted by molar-refractivity contribution is -0.137. The quantitative estimate of drug-likeness (QED) is 0.922. The van der Waals surface area contributed by atoms with Gasteiger partial charge in [-0.15, -0.1) is 0 Å². The molecule has 5 nitrogen and oxygen atoms in total. The first-order chi connectivity index (χ1) is 8.63. The summed E-state index contributed by atoms with van der Waals surface area (Å²) >= 11 is 3.34. The van der Waals surface area contributed by atoms with Crippen molar-refractivity contribution in [2.24, 2.45) is 0 Å². The third-order valence-electron chi connectivity index (χ3n) is 2.21. The lowest BCUT2D eigenvalue weighted by Crippen LogP contribution is -2.04. The number of ether oxygens (including phenoxy) is 1. The first-order valence-corrected chi connectivity index (χ1v) is 6.10. The van der Waals surface area contributed by atoms with Gasteiger partial charge in [0.2, 0.25) is 0 Å². The number of aromatic nitrogens is 2. The van der Waals surface area contributed by atoms with Gasteiger partial charge in [0, 0.05) is 4.47 Å². The number of nitrogens with zero attached hydrogens (tertiary/aromatic N) is 2. The van der Waals surface area contributed by atoms with Crippen molar-refractivity contribution in [2.75, 3.05) is 0 Å². The van der Waals surface area contributed by atoms with E-state index in [-0.39, 0.29) is 6.42 Å². The molecule has 0 aliphatic carbocycles. The highest BCUT2D eigenvalue weighted by molar-refractivity contribution is 9.10. The van der Waals surface area contributed by atoms with Crippen molar-refractivity contribution >= 4 is 21.9 Å². The topological polar surface area (TPSA) is 64.3 Å². The summed E-state index contributed by atoms with van der Waals surface area (Å²) in [7, 11) is 0. The van der Waals surface area contributed by atoms with Gasteiger partial charge >= 0.3 is 5.97 Å². The van der Waals surface area contributed by atoms with Crippen LogP contribution in [0.2, 0.25) is 0 Å². The van der Waals surface area contributed by atoms with E-state index in [0.29, 0.717) is 18.0 Å². The fourth-order valence-electron chi connectivity index (χ4n) is 1.37. The summed E-state index contributed by atoms with van der Waals surface area (Å²) in [4.78, 5) is 10.4. The summed E-state index contributed by atoms with van der Waals surface area (Å²) in [5, 5.41) is 12.6. The van der Waals surface area contributed by atoms with Crippen LogP contribution in [-0.4, -0.2) is 20.9 Å². The molecule has 2 aromatic rings. The molecule has 0 radical (unpaired) electrons. The van der Waals surface area contributed by atoms with Crippen molar-refractivity contribution in [1.82, 2.24) is 9.78 Å². The van der Waals surface area contributed by atoms with E-state index in [1.54, 1.807) is 17.1 Å². The Hall–Kier alpha value is -1.82. The van der Waals surface area contributed by atoms with Crippen molar-refractivity contribution in [3.63, 3.8) is 0 Å². The van der Waals surface area contributed by atoms with Gasteiger partial charge in [-0.05, 0) is 24.3 Å². The Morgan fingerprint density at radius 1 is 1.33 bits per heavy atom. The maximum absolute atomic E-state index is 10.4. The van der Waals surface area contributed by atoms with Crippen LogP contribution < -0.4 is 4.74 Å². The number of benzene rings is 1. The van der Waals surface area contributed by atoms with E-state index in [9.17, 15) is 4.79 Å². The van der Waals surface area contributed by atoms with Gasteiger partial charge in [-0.25, -0.2) is 0 Å². The van der Waals surface area contributed by atoms with Gasteiger partial charge in [-0.3, -0.25) is 9.48 Å². The third-order valence-corrected chi connectivity index (χ3v) is 2.74. The lowest BCUT2D eigenvalue weighted by atomic mass is 10.3. The van der Waals surface area contributed by atoms with Gasteiger partial charge in [0.05, 0.1) is 25.4 Å². The Morgan fingerprint density at radius 2 is 2.06 bits per heavy atom. The molecule has 1 aromatic carbocycles. The molecule has 0 unspecified atom stereocenters. The second kappa shape index (κ2) is 5.68. The summed E-state index contributed by atoms with van der Waals surface area (Å²) in [5.74, 6) is 0.444. The van der Waals surface area contributed by atoms with Crippen LogP contribution in [0.1, 0.15) is 6.42 Å². The molecule has 1 heterocycles. The maximum atomic E-state index is 10.4. The second-order valence-electron chi connectivity index (χ2n) is 3.64. The number of aryl methyl sites for hydroxylation is 1. The summed E-state index contributed by atoms with van der Waals surface area (Å²) < 4.78 is 8.09. The van der Waals surface area contributed by atoms with E-state index in [1.807, 2.05) is 24.3 Å². The Kier molecular flexibility index (Phi) is 3.99. The van der Waals surface area contributed by atoms with Gasteiger partial charge < -0.3 is 9.84 Å². The van der Waals surface area contributed by atoms with Gasteiger partial charge in [-0.1, -0.05) is 15.9 Å². The largest absolute Gasteiger partial charge is 0.481 e. The minimum atomic E-state index is -0.846. The molecule has 0 atom stereocenters. The number of carboxylic acids is 1. The van der Waals surface area contributed by atoms with Crippen LogP contribution in [0.25, 0.3) is 0 Å². The highest BCUT2D eigenvalue weighted by atomic mass is 79.9. The monoisotopic (exact) mass is 310 g/mol. The molecular formula is C12H11BrN2O3. The molecule has 0 saturated carbocycles. The molecule has 1 aromatic heterocycles. The Morgan fingerprint density at radius 3 is 2.72 bits per heavy atom. The van der Waals surface area contributed by atoms with Crippen molar-refractivity contribution < 1.29 is 14.6 Å². The minimum absolute atomic E-state index is 0.0411. The highest BCUT2D eigenvalue weighted by Gasteiger charge is 2.03. The standard InChI is InChI=1S/C12H11BrN2O3/c13-9-1-3-10(4-2-9)18-11-7-14-15(8-11)6-5-12(16)17/h1-4,7-8H,5-6H2,(H,16,17). The molecule has 2 rings (SSSR count). The molecule has 94 valence electrons. The van der Waals surface area contributed by atoms with E-state index in [0.717, 1.165) is 4.47 Å². The first kappa shape index (κ1) is 12.6. The van der Waals surface area contributed by atoms with Crippen molar-refractivity contribution in [1.29, 1.82) is 0 Å². The summed E-state index contributed by atoms with van der Waals surface area (Å²) in [6, 6.07) is 7.42. The van der Waals surface area contributed by atoms with E-state index in [2.05, 4.69) is 21.0 Å². The number of aliphatic carboxylic acids is 1. The van der Waals surface area contributed by atoms with Gasteiger partial charge in [0.1, 0.15) is 5.75 Å². The van der Waals surface area contributed by atoms with Crippen LogP contribution in [0.5, 0.6) is 11.5 Å². The molecule has 0 spiro atoms. The van der Waals surface area contributed by atoms with E-state index >= 15 is 0 Å². The highest BCUT2D eigenvalue weighted by Crippen LogP contribution is 2.22. The van der Waals surface area contributed by atoms with Crippen LogP contribution in [-0.2, 0) is 11.3 Å². The molecule has 1 N–H and O–H groups in total. The Labute approximate surface area is 112 Å². The number of hydrogen-bond donors (Lipinski definition) is 1. The zero-order valence-corrected chi connectivity index (χ0v) is 11.0. The third kappa shape index (κ3) is 3.59. The minimum Gasteiger partial charge on any atom is -0.481 e. The molecule has 0 aliphatic rings. The lowest BCUT2D eigenvalue weighted by Gasteiger charge is -2.02. The average molecular weight is 311 g/mol. The average Bonchev–Trinajstić information content (AvgIpc) is 2.77. The molecule has 0 aliphatic heterocycles. The van der Waals surface area contributed by atoms with E-state index in [4.69, 9.17) is 9.84 Å². The van der Waals surface area contributed by atoms with E-state index < -0.39 is 5.97 Å². The van der Waals surface area contributed by atoms with Crippen LogP contribution in [0.3, 0.4) is 0 Å². The molecule has 18 heavy (non-hydrogen) atoms. The number of carbonyl (C=O) groups is 1. The Bertz CT molecular complexity index is 537. The number of rotatable bonds is 5. The fourth-order valence-corrected chi connectivity index (χ4v) is 1.63. The molecule has 6 heteroatoms. The zero-order chi connectivity index (χ0) is 13.0. The molecule has 0 fully saturated rings.